The van der Waals surface area contributed by atoms with Crippen molar-refractivity contribution in [1.29, 1.82) is 0 Å². The van der Waals surface area contributed by atoms with Crippen LogP contribution in [0, 0.1) is 11.6 Å². The van der Waals surface area contributed by atoms with E-state index in [2.05, 4.69) is 14.7 Å². The summed E-state index contributed by atoms with van der Waals surface area (Å²) in [6.45, 7) is 0. The van der Waals surface area contributed by atoms with Crippen LogP contribution in [-0.4, -0.2) is 23.0 Å². The molecule has 0 unspecified atom stereocenters. The number of nitrogens with zero attached hydrogens (tertiary/aromatic N) is 2. The van der Waals surface area contributed by atoms with Crippen LogP contribution in [0.25, 0.3) is 0 Å². The van der Waals surface area contributed by atoms with E-state index in [0.717, 1.165) is 30.6 Å². The molecule has 0 atom stereocenters. The predicted molar refractivity (Wildman–Crippen MR) is 59.8 cm³/mol. The first kappa shape index (κ1) is 12.9. The van der Waals surface area contributed by atoms with Gasteiger partial charge >= 0.3 is 5.97 Å². The Morgan fingerprint density at radius 1 is 1.11 bits per heavy atom. The number of esters is 1. The van der Waals surface area contributed by atoms with Crippen LogP contribution < -0.4 is 4.74 Å². The first-order valence-electron chi connectivity index (χ1n) is 5.13. The van der Waals surface area contributed by atoms with Gasteiger partial charge in [-0.3, -0.25) is 0 Å². The molecule has 0 radical (unpaired) electrons. The van der Waals surface area contributed by atoms with Crippen molar-refractivity contribution in [2.24, 2.45) is 0 Å². The highest BCUT2D eigenvalue weighted by atomic mass is 19.1. The van der Waals surface area contributed by atoms with E-state index in [1.54, 1.807) is 0 Å². The number of benzene rings is 1. The number of rotatable bonds is 3. The summed E-state index contributed by atoms with van der Waals surface area (Å²) >= 11 is 0. The Kier molecular flexibility index (Phi) is 3.65. The molecule has 0 bridgehead atoms. The van der Waals surface area contributed by atoms with E-state index in [4.69, 9.17) is 4.74 Å². The maximum atomic E-state index is 12.9. The van der Waals surface area contributed by atoms with Crippen LogP contribution in [0.2, 0.25) is 0 Å². The lowest BCUT2D eigenvalue weighted by Crippen LogP contribution is -2.04. The first-order valence-corrected chi connectivity index (χ1v) is 5.13. The number of hydrogen-bond acceptors (Lipinski definition) is 5. The number of hydrogen-bond donors (Lipinski definition) is 0. The third-order valence-electron chi connectivity index (χ3n) is 2.08. The summed E-state index contributed by atoms with van der Waals surface area (Å²) in [5.74, 6) is -2.24. The summed E-state index contributed by atoms with van der Waals surface area (Å²) in [6.07, 6.45) is 2.28. The third kappa shape index (κ3) is 3.21. The molecule has 2 rings (SSSR count). The van der Waals surface area contributed by atoms with E-state index in [1.165, 1.54) is 7.11 Å². The van der Waals surface area contributed by atoms with Crippen molar-refractivity contribution in [2.75, 3.05) is 7.11 Å². The Bertz CT molecular complexity index is 582. The predicted octanol–water partition coefficient (Wildman–Crippen LogP) is 2.33. The summed E-state index contributed by atoms with van der Waals surface area (Å²) in [5.41, 5.74) is 0.000253. The van der Waals surface area contributed by atoms with Gasteiger partial charge < -0.3 is 9.47 Å². The zero-order chi connectivity index (χ0) is 13.8. The van der Waals surface area contributed by atoms with Gasteiger partial charge in [-0.25, -0.2) is 23.5 Å². The summed E-state index contributed by atoms with van der Waals surface area (Å²) in [6, 6.07) is 2.72. The van der Waals surface area contributed by atoms with Gasteiger partial charge in [-0.2, -0.15) is 0 Å². The zero-order valence-electron chi connectivity index (χ0n) is 9.76. The standard InChI is InChI=1S/C12H8F2N2O3/c1-18-12(17)10-5-16-11(6-15-10)19-9-3-7(13)2-8(14)4-9/h2-6H,1H3. The number of ether oxygens (including phenoxy) is 2. The molecule has 0 saturated carbocycles. The second kappa shape index (κ2) is 5.38. The molecule has 5 nitrogen and oxygen atoms in total. The summed E-state index contributed by atoms with van der Waals surface area (Å²) < 4.78 is 35.4. The summed E-state index contributed by atoms with van der Waals surface area (Å²) in [4.78, 5) is 18.6. The molecule has 98 valence electrons. The van der Waals surface area contributed by atoms with E-state index in [-0.39, 0.29) is 17.3 Å². The lowest BCUT2D eigenvalue weighted by molar-refractivity contribution is 0.0593. The van der Waals surface area contributed by atoms with Crippen molar-refractivity contribution in [2.45, 2.75) is 0 Å². The van der Waals surface area contributed by atoms with Crippen molar-refractivity contribution in [3.8, 4) is 11.6 Å². The largest absolute Gasteiger partial charge is 0.464 e. The minimum Gasteiger partial charge on any atom is -0.464 e. The number of methoxy groups -OCH3 is 1. The monoisotopic (exact) mass is 266 g/mol. The lowest BCUT2D eigenvalue weighted by Gasteiger charge is -2.05. The van der Waals surface area contributed by atoms with E-state index < -0.39 is 17.6 Å². The molecular formula is C12H8F2N2O3. The molecule has 1 aromatic heterocycles. The van der Waals surface area contributed by atoms with E-state index >= 15 is 0 Å². The molecule has 1 aromatic carbocycles. The van der Waals surface area contributed by atoms with Crippen LogP contribution in [0.15, 0.2) is 30.6 Å². The molecule has 0 spiro atoms. The number of carbonyl (C=O) groups is 1. The Hall–Kier alpha value is -2.57. The van der Waals surface area contributed by atoms with Crippen molar-refractivity contribution in [1.82, 2.24) is 9.97 Å². The average molecular weight is 266 g/mol. The van der Waals surface area contributed by atoms with Gasteiger partial charge in [-0.15, -0.1) is 0 Å². The fourth-order valence-corrected chi connectivity index (χ4v) is 1.29. The van der Waals surface area contributed by atoms with E-state index in [0.29, 0.717) is 0 Å². The highest BCUT2D eigenvalue weighted by Crippen LogP contribution is 2.21. The molecule has 19 heavy (non-hydrogen) atoms. The molecular weight excluding hydrogens is 258 g/mol. The molecule has 0 amide bonds. The van der Waals surface area contributed by atoms with Gasteiger partial charge in [-0.1, -0.05) is 0 Å². The van der Waals surface area contributed by atoms with Crippen LogP contribution in [0.1, 0.15) is 10.5 Å². The molecule has 2 aromatic rings. The molecule has 0 aliphatic rings. The average Bonchev–Trinajstić information content (AvgIpc) is 2.37. The van der Waals surface area contributed by atoms with Crippen molar-refractivity contribution >= 4 is 5.97 Å². The Morgan fingerprint density at radius 3 is 2.32 bits per heavy atom. The van der Waals surface area contributed by atoms with Crippen molar-refractivity contribution in [3.05, 3.63) is 47.9 Å². The van der Waals surface area contributed by atoms with E-state index in [9.17, 15) is 13.6 Å². The van der Waals surface area contributed by atoms with Crippen LogP contribution in [0.3, 0.4) is 0 Å². The highest BCUT2D eigenvalue weighted by molar-refractivity contribution is 5.86. The Balaban J connectivity index is 2.17. The van der Waals surface area contributed by atoms with Gasteiger partial charge in [0.25, 0.3) is 0 Å². The van der Waals surface area contributed by atoms with Gasteiger partial charge in [0.05, 0.1) is 19.5 Å². The highest BCUT2D eigenvalue weighted by Gasteiger charge is 2.09. The first-order chi connectivity index (χ1) is 9.08. The Morgan fingerprint density at radius 2 is 1.79 bits per heavy atom. The second-order valence-corrected chi connectivity index (χ2v) is 3.44. The van der Waals surface area contributed by atoms with Gasteiger partial charge in [0.2, 0.25) is 5.88 Å². The smallest absolute Gasteiger partial charge is 0.358 e. The Labute approximate surface area is 106 Å². The fraction of sp³-hybridized carbons (Fsp3) is 0.0833. The van der Waals surface area contributed by atoms with Crippen LogP contribution in [0.5, 0.6) is 11.6 Å². The number of carbonyl (C=O) groups excluding carboxylic acids is 1. The zero-order valence-corrected chi connectivity index (χ0v) is 9.76. The van der Waals surface area contributed by atoms with Crippen molar-refractivity contribution in [3.63, 3.8) is 0 Å². The molecule has 1 heterocycles. The van der Waals surface area contributed by atoms with Gasteiger partial charge in [0, 0.05) is 18.2 Å². The van der Waals surface area contributed by atoms with E-state index in [1.807, 2.05) is 0 Å². The maximum absolute atomic E-state index is 12.9. The minimum absolute atomic E-state index is 0.000253. The molecule has 0 saturated heterocycles. The topological polar surface area (TPSA) is 61.3 Å². The van der Waals surface area contributed by atoms with Crippen LogP contribution >= 0.6 is 0 Å². The quantitative estimate of drug-likeness (QED) is 0.798. The number of aromatic nitrogens is 2. The van der Waals surface area contributed by atoms with Gasteiger partial charge in [0.15, 0.2) is 5.69 Å². The molecule has 0 aliphatic carbocycles. The molecule has 0 fully saturated rings. The maximum Gasteiger partial charge on any atom is 0.358 e. The third-order valence-corrected chi connectivity index (χ3v) is 2.08. The fourth-order valence-electron chi connectivity index (χ4n) is 1.29. The van der Waals surface area contributed by atoms with Crippen LogP contribution in [-0.2, 0) is 4.74 Å². The van der Waals surface area contributed by atoms with Gasteiger partial charge in [-0.05, 0) is 0 Å². The van der Waals surface area contributed by atoms with Gasteiger partial charge in [0.1, 0.15) is 17.4 Å². The normalized spacial score (nSPS) is 10.1. The molecule has 0 aliphatic heterocycles. The SMILES string of the molecule is COC(=O)c1cnc(Oc2cc(F)cc(F)c2)cn1. The molecule has 0 N–H and O–H groups in total. The van der Waals surface area contributed by atoms with Crippen molar-refractivity contribution < 1.29 is 23.0 Å². The minimum atomic E-state index is -0.769. The molecule has 7 heteroatoms. The van der Waals surface area contributed by atoms with Crippen LogP contribution in [0.4, 0.5) is 8.78 Å². The summed E-state index contributed by atoms with van der Waals surface area (Å²) in [5, 5.41) is 0. The second-order valence-electron chi connectivity index (χ2n) is 3.44. The lowest BCUT2D eigenvalue weighted by atomic mass is 10.3. The summed E-state index contributed by atoms with van der Waals surface area (Å²) in [7, 11) is 1.21. The number of halogens is 2.